The molecular formula is C14H19ClN4O2S2. The van der Waals surface area contributed by atoms with Crippen molar-refractivity contribution in [3.8, 4) is 0 Å². The van der Waals surface area contributed by atoms with Crippen LogP contribution in [0.15, 0.2) is 34.7 Å². The van der Waals surface area contributed by atoms with Crippen LogP contribution in [0.5, 0.6) is 0 Å². The normalized spacial score (nSPS) is 11.6. The number of carbonyl (C=O) groups is 1. The number of carbonyl (C=O) groups excluding carboxylic acids is 1. The molecule has 0 aliphatic carbocycles. The number of halogens is 1. The first kappa shape index (κ1) is 19.9. The van der Waals surface area contributed by atoms with Crippen LogP contribution in [0.25, 0.3) is 0 Å². The number of hydrogen-bond acceptors (Lipinski definition) is 7. The maximum Gasteiger partial charge on any atom is 0.228 e. The number of ether oxygens (including phenoxy) is 1. The summed E-state index contributed by atoms with van der Waals surface area (Å²) < 4.78 is 5.90. The summed E-state index contributed by atoms with van der Waals surface area (Å²) >= 11 is 2.95. The van der Waals surface area contributed by atoms with E-state index in [1.165, 1.54) is 24.0 Å². The van der Waals surface area contributed by atoms with Crippen LogP contribution in [-0.2, 0) is 15.3 Å². The average Bonchev–Trinajstić information content (AvgIpc) is 2.99. The Hall–Kier alpha value is -1.19. The standard InChI is InChI=1S/C14H18N4O2S2.ClH/c1-20-11(8-15)7-12(19)16-13-17-18-14(22-13)21-9-10-5-3-2-4-6-10;/h2-6,11H,7-9,15H2,1H3,(H,16,17,19);1H. The fourth-order valence-electron chi connectivity index (χ4n) is 1.68. The number of aromatic nitrogens is 2. The largest absolute Gasteiger partial charge is 0.380 e. The molecule has 1 amide bonds. The molecule has 1 unspecified atom stereocenters. The van der Waals surface area contributed by atoms with E-state index in [4.69, 9.17) is 10.5 Å². The van der Waals surface area contributed by atoms with Crippen LogP contribution in [-0.4, -0.2) is 35.9 Å². The molecule has 0 saturated heterocycles. The van der Waals surface area contributed by atoms with Gasteiger partial charge in [-0.05, 0) is 5.56 Å². The van der Waals surface area contributed by atoms with E-state index in [-0.39, 0.29) is 30.8 Å². The van der Waals surface area contributed by atoms with Crippen LogP contribution >= 0.6 is 35.5 Å². The molecule has 0 bridgehead atoms. The van der Waals surface area contributed by atoms with Crippen LogP contribution in [0, 0.1) is 0 Å². The van der Waals surface area contributed by atoms with Crippen molar-refractivity contribution in [2.45, 2.75) is 22.6 Å². The van der Waals surface area contributed by atoms with Gasteiger partial charge < -0.3 is 15.8 Å². The lowest BCUT2D eigenvalue weighted by Crippen LogP contribution is -2.28. The fourth-order valence-corrected chi connectivity index (χ4v) is 3.40. The van der Waals surface area contributed by atoms with Gasteiger partial charge in [-0.3, -0.25) is 4.79 Å². The number of anilines is 1. The molecule has 1 atom stereocenters. The molecule has 2 rings (SSSR count). The van der Waals surface area contributed by atoms with E-state index >= 15 is 0 Å². The van der Waals surface area contributed by atoms with E-state index in [0.717, 1.165) is 10.1 Å². The van der Waals surface area contributed by atoms with Gasteiger partial charge in [0.1, 0.15) is 0 Å². The lowest BCUT2D eigenvalue weighted by Gasteiger charge is -2.11. The van der Waals surface area contributed by atoms with E-state index in [1.807, 2.05) is 18.2 Å². The van der Waals surface area contributed by atoms with Crippen molar-refractivity contribution in [2.75, 3.05) is 19.0 Å². The van der Waals surface area contributed by atoms with E-state index in [9.17, 15) is 4.79 Å². The topological polar surface area (TPSA) is 90.1 Å². The number of rotatable bonds is 8. The van der Waals surface area contributed by atoms with Gasteiger partial charge in [-0.1, -0.05) is 53.4 Å². The third-order valence-electron chi connectivity index (χ3n) is 2.87. The van der Waals surface area contributed by atoms with Gasteiger partial charge in [0.15, 0.2) is 4.34 Å². The Morgan fingerprint density at radius 3 is 2.78 bits per heavy atom. The van der Waals surface area contributed by atoms with E-state index in [2.05, 4.69) is 27.6 Å². The molecule has 2 aromatic rings. The Morgan fingerprint density at radius 2 is 2.13 bits per heavy atom. The molecule has 0 spiro atoms. The summed E-state index contributed by atoms with van der Waals surface area (Å²) in [5.74, 6) is 0.649. The maximum absolute atomic E-state index is 11.8. The highest BCUT2D eigenvalue weighted by Crippen LogP contribution is 2.28. The van der Waals surface area contributed by atoms with E-state index < -0.39 is 0 Å². The van der Waals surface area contributed by atoms with Gasteiger partial charge in [0.25, 0.3) is 0 Å². The predicted octanol–water partition coefficient (Wildman–Crippen LogP) is 2.55. The summed E-state index contributed by atoms with van der Waals surface area (Å²) in [4.78, 5) is 11.8. The van der Waals surface area contributed by atoms with Crippen molar-refractivity contribution >= 4 is 46.5 Å². The molecule has 126 valence electrons. The van der Waals surface area contributed by atoms with Gasteiger partial charge in [0.05, 0.1) is 12.5 Å². The number of nitrogens with two attached hydrogens (primary N) is 1. The lowest BCUT2D eigenvalue weighted by molar-refractivity contribution is -0.118. The van der Waals surface area contributed by atoms with Crippen molar-refractivity contribution in [3.63, 3.8) is 0 Å². The van der Waals surface area contributed by atoms with Crippen molar-refractivity contribution in [2.24, 2.45) is 5.73 Å². The van der Waals surface area contributed by atoms with Gasteiger partial charge in [-0.15, -0.1) is 22.6 Å². The van der Waals surface area contributed by atoms with E-state index in [1.54, 1.807) is 11.8 Å². The van der Waals surface area contributed by atoms with Gasteiger partial charge in [0.2, 0.25) is 11.0 Å². The molecule has 1 heterocycles. The predicted molar refractivity (Wildman–Crippen MR) is 96.3 cm³/mol. The number of nitrogens with one attached hydrogen (secondary N) is 1. The molecule has 6 nitrogen and oxygen atoms in total. The van der Waals surface area contributed by atoms with Crippen LogP contribution in [0.4, 0.5) is 5.13 Å². The highest BCUT2D eigenvalue weighted by Gasteiger charge is 2.13. The summed E-state index contributed by atoms with van der Waals surface area (Å²) in [6.45, 7) is 0.304. The third-order valence-corrected chi connectivity index (χ3v) is 4.91. The maximum atomic E-state index is 11.8. The number of benzene rings is 1. The second-order valence-corrected chi connectivity index (χ2v) is 6.69. The molecular weight excluding hydrogens is 356 g/mol. The van der Waals surface area contributed by atoms with Gasteiger partial charge in [-0.2, -0.15) is 0 Å². The minimum atomic E-state index is -0.278. The number of amides is 1. The van der Waals surface area contributed by atoms with Gasteiger partial charge >= 0.3 is 0 Å². The molecule has 0 aliphatic heterocycles. The fraction of sp³-hybridized carbons (Fsp3) is 0.357. The molecule has 3 N–H and O–H groups in total. The molecule has 9 heteroatoms. The van der Waals surface area contributed by atoms with Crippen molar-refractivity contribution in [3.05, 3.63) is 35.9 Å². The Morgan fingerprint density at radius 1 is 1.39 bits per heavy atom. The number of thioether (sulfide) groups is 1. The first-order valence-electron chi connectivity index (χ1n) is 6.74. The molecule has 1 aromatic carbocycles. The zero-order valence-electron chi connectivity index (χ0n) is 12.6. The summed E-state index contributed by atoms with van der Waals surface area (Å²) in [6, 6.07) is 10.1. The van der Waals surface area contributed by atoms with Gasteiger partial charge in [0, 0.05) is 19.4 Å². The second-order valence-electron chi connectivity index (χ2n) is 4.49. The highest BCUT2D eigenvalue weighted by atomic mass is 35.5. The van der Waals surface area contributed by atoms with Crippen LogP contribution in [0.2, 0.25) is 0 Å². The minimum Gasteiger partial charge on any atom is -0.380 e. The third kappa shape index (κ3) is 6.84. The monoisotopic (exact) mass is 374 g/mol. The Balaban J connectivity index is 0.00000264. The Kier molecular flexibility index (Phi) is 9.12. The lowest BCUT2D eigenvalue weighted by atomic mass is 10.2. The smallest absolute Gasteiger partial charge is 0.228 e. The van der Waals surface area contributed by atoms with E-state index in [0.29, 0.717) is 11.7 Å². The zero-order chi connectivity index (χ0) is 15.8. The molecule has 23 heavy (non-hydrogen) atoms. The number of nitrogens with zero attached hydrogens (tertiary/aromatic N) is 2. The first-order valence-corrected chi connectivity index (χ1v) is 8.54. The number of methoxy groups -OCH3 is 1. The molecule has 0 aliphatic rings. The molecule has 0 radical (unpaired) electrons. The quantitative estimate of drug-likeness (QED) is 0.545. The number of hydrogen-bond donors (Lipinski definition) is 2. The Labute approximate surface area is 149 Å². The van der Waals surface area contributed by atoms with Crippen LogP contribution in [0.1, 0.15) is 12.0 Å². The summed E-state index contributed by atoms with van der Waals surface area (Å²) in [7, 11) is 1.54. The first-order chi connectivity index (χ1) is 10.7. The summed E-state index contributed by atoms with van der Waals surface area (Å²) in [5.41, 5.74) is 6.71. The van der Waals surface area contributed by atoms with Crippen molar-refractivity contribution in [1.29, 1.82) is 0 Å². The van der Waals surface area contributed by atoms with Gasteiger partial charge in [-0.25, -0.2) is 0 Å². The highest BCUT2D eigenvalue weighted by molar-refractivity contribution is 8.00. The summed E-state index contributed by atoms with van der Waals surface area (Å²) in [6.07, 6.45) is -0.0705. The molecule has 0 fully saturated rings. The van der Waals surface area contributed by atoms with Crippen LogP contribution < -0.4 is 11.1 Å². The van der Waals surface area contributed by atoms with Crippen LogP contribution in [0.3, 0.4) is 0 Å². The summed E-state index contributed by atoms with van der Waals surface area (Å²) in [5, 5.41) is 11.2. The minimum absolute atomic E-state index is 0. The van der Waals surface area contributed by atoms with Crippen molar-refractivity contribution < 1.29 is 9.53 Å². The average molecular weight is 375 g/mol. The Bertz CT molecular complexity index is 593. The molecule has 0 saturated carbocycles. The zero-order valence-corrected chi connectivity index (χ0v) is 15.0. The SMILES string of the molecule is COC(CN)CC(=O)Nc1nnc(SCc2ccccc2)s1.Cl. The second kappa shape index (κ2) is 10.6. The molecule has 1 aromatic heterocycles. The van der Waals surface area contributed by atoms with Crippen molar-refractivity contribution in [1.82, 2.24) is 10.2 Å².